The first kappa shape index (κ1) is 14.5. The Labute approximate surface area is 132 Å². The molecular formula is C15H15ClN2O2S. The highest BCUT2D eigenvalue weighted by atomic mass is 35.5. The van der Waals surface area contributed by atoms with Gasteiger partial charge in [0, 0.05) is 18.7 Å². The summed E-state index contributed by atoms with van der Waals surface area (Å²) in [5.41, 5.74) is 1.83. The lowest BCUT2D eigenvalue weighted by atomic mass is 10.1. The van der Waals surface area contributed by atoms with Gasteiger partial charge in [-0.25, -0.2) is 0 Å². The lowest BCUT2D eigenvalue weighted by molar-refractivity contribution is -0.115. The monoisotopic (exact) mass is 322 g/mol. The molecule has 0 spiro atoms. The zero-order chi connectivity index (χ0) is 15.0. The fourth-order valence-electron chi connectivity index (χ4n) is 2.68. The molecule has 0 radical (unpaired) electrons. The van der Waals surface area contributed by atoms with E-state index < -0.39 is 0 Å². The summed E-state index contributed by atoms with van der Waals surface area (Å²) in [6, 6.07) is 5.64. The summed E-state index contributed by atoms with van der Waals surface area (Å²) in [5, 5.41) is 2.61. The Kier molecular flexibility index (Phi) is 3.95. The molecule has 4 nitrogen and oxygen atoms in total. The molecule has 1 unspecified atom stereocenters. The van der Waals surface area contributed by atoms with Crippen LogP contribution in [0.2, 0.25) is 5.02 Å². The smallest absolute Gasteiger partial charge is 0.290 e. The summed E-state index contributed by atoms with van der Waals surface area (Å²) >= 11 is 7.29. The molecule has 1 aromatic rings. The molecule has 6 heteroatoms. The molecule has 0 aliphatic carbocycles. The van der Waals surface area contributed by atoms with Gasteiger partial charge < -0.3 is 4.90 Å². The molecule has 2 aliphatic rings. The number of anilines is 1. The third-order valence-electron chi connectivity index (χ3n) is 3.69. The van der Waals surface area contributed by atoms with E-state index in [2.05, 4.69) is 17.1 Å². The van der Waals surface area contributed by atoms with E-state index in [1.54, 1.807) is 6.08 Å². The van der Waals surface area contributed by atoms with Crippen molar-refractivity contribution in [1.29, 1.82) is 0 Å². The minimum Gasteiger partial charge on any atom is -0.370 e. The number of imide groups is 1. The Hall–Kier alpha value is -1.46. The lowest BCUT2D eigenvalue weighted by Crippen LogP contribution is -2.20. The van der Waals surface area contributed by atoms with Crippen molar-refractivity contribution in [2.75, 3.05) is 18.0 Å². The van der Waals surface area contributed by atoms with E-state index in [0.717, 1.165) is 42.5 Å². The Balaban J connectivity index is 1.99. The number of carbonyl (C=O) groups is 2. The molecule has 1 aromatic carbocycles. The van der Waals surface area contributed by atoms with E-state index >= 15 is 0 Å². The van der Waals surface area contributed by atoms with Crippen molar-refractivity contribution in [3.8, 4) is 0 Å². The van der Waals surface area contributed by atoms with Gasteiger partial charge in [0.25, 0.3) is 11.1 Å². The molecule has 0 saturated carbocycles. The van der Waals surface area contributed by atoms with Crippen LogP contribution in [-0.2, 0) is 4.79 Å². The number of thioether (sulfide) groups is 1. The number of halogens is 1. The van der Waals surface area contributed by atoms with Crippen LogP contribution in [0.4, 0.5) is 10.5 Å². The maximum absolute atomic E-state index is 11.7. The summed E-state index contributed by atoms with van der Waals surface area (Å²) < 4.78 is 0. The third-order valence-corrected chi connectivity index (χ3v) is 4.80. The van der Waals surface area contributed by atoms with Gasteiger partial charge in [0.1, 0.15) is 0 Å². The number of benzene rings is 1. The van der Waals surface area contributed by atoms with E-state index in [1.807, 2.05) is 18.2 Å². The van der Waals surface area contributed by atoms with E-state index in [-0.39, 0.29) is 11.1 Å². The van der Waals surface area contributed by atoms with Crippen molar-refractivity contribution in [1.82, 2.24) is 5.32 Å². The van der Waals surface area contributed by atoms with Crippen LogP contribution in [0.5, 0.6) is 0 Å². The third kappa shape index (κ3) is 2.94. The van der Waals surface area contributed by atoms with Crippen LogP contribution in [-0.4, -0.2) is 24.2 Å². The first-order chi connectivity index (χ1) is 10.0. The standard InChI is InChI=1S/C15H15ClN2O2S/c1-9-5-6-18(8-9)13-10(3-2-4-11(13)16)7-12-14(19)17-15(20)21-12/h2-4,7,9H,5-6,8H2,1H3,(H,17,19,20). The van der Waals surface area contributed by atoms with Crippen LogP contribution in [0, 0.1) is 5.92 Å². The van der Waals surface area contributed by atoms with Gasteiger partial charge in [-0.05, 0) is 36.2 Å². The van der Waals surface area contributed by atoms with Gasteiger partial charge in [0.05, 0.1) is 15.6 Å². The summed E-state index contributed by atoms with van der Waals surface area (Å²) in [4.78, 5) is 25.6. The number of nitrogens with zero attached hydrogens (tertiary/aromatic N) is 1. The molecule has 1 atom stereocenters. The molecule has 21 heavy (non-hydrogen) atoms. The van der Waals surface area contributed by atoms with Crippen molar-refractivity contribution < 1.29 is 9.59 Å². The molecule has 0 bridgehead atoms. The quantitative estimate of drug-likeness (QED) is 0.847. The molecule has 2 heterocycles. The highest BCUT2D eigenvalue weighted by molar-refractivity contribution is 8.18. The largest absolute Gasteiger partial charge is 0.370 e. The van der Waals surface area contributed by atoms with E-state index in [4.69, 9.17) is 11.6 Å². The first-order valence-corrected chi connectivity index (χ1v) is 8.02. The highest BCUT2D eigenvalue weighted by Gasteiger charge is 2.27. The van der Waals surface area contributed by atoms with Crippen LogP contribution in [0.1, 0.15) is 18.9 Å². The van der Waals surface area contributed by atoms with Gasteiger partial charge in [-0.1, -0.05) is 30.7 Å². The number of para-hydroxylation sites is 1. The number of nitrogens with one attached hydrogen (secondary N) is 1. The maximum atomic E-state index is 11.7. The fraction of sp³-hybridized carbons (Fsp3) is 0.333. The Morgan fingerprint density at radius 1 is 1.43 bits per heavy atom. The molecule has 2 amide bonds. The molecular weight excluding hydrogens is 308 g/mol. The second kappa shape index (κ2) is 5.73. The lowest BCUT2D eigenvalue weighted by Gasteiger charge is -2.22. The molecule has 3 rings (SSSR count). The zero-order valence-electron chi connectivity index (χ0n) is 11.6. The van der Waals surface area contributed by atoms with Gasteiger partial charge in [-0.15, -0.1) is 0 Å². The van der Waals surface area contributed by atoms with Gasteiger partial charge in [-0.2, -0.15) is 0 Å². The van der Waals surface area contributed by atoms with E-state index in [1.165, 1.54) is 0 Å². The topological polar surface area (TPSA) is 49.4 Å². The van der Waals surface area contributed by atoms with Crippen molar-refractivity contribution in [3.63, 3.8) is 0 Å². The summed E-state index contributed by atoms with van der Waals surface area (Å²) in [6.45, 7) is 4.13. The minimum atomic E-state index is -0.342. The summed E-state index contributed by atoms with van der Waals surface area (Å²) in [6.07, 6.45) is 2.88. The predicted octanol–water partition coefficient (Wildman–Crippen LogP) is 3.51. The average Bonchev–Trinajstić information content (AvgIpc) is 2.96. The number of carbonyl (C=O) groups excluding carboxylic acids is 2. The Morgan fingerprint density at radius 2 is 2.24 bits per heavy atom. The second-order valence-corrected chi connectivity index (χ2v) is 6.79. The van der Waals surface area contributed by atoms with Crippen LogP contribution in [0.25, 0.3) is 6.08 Å². The summed E-state index contributed by atoms with van der Waals surface area (Å²) in [7, 11) is 0. The van der Waals surface area contributed by atoms with Gasteiger partial charge in [0.15, 0.2) is 0 Å². The van der Waals surface area contributed by atoms with Gasteiger partial charge >= 0.3 is 0 Å². The molecule has 2 saturated heterocycles. The van der Waals surface area contributed by atoms with E-state index in [9.17, 15) is 9.59 Å². The number of amides is 2. The predicted molar refractivity (Wildman–Crippen MR) is 86.6 cm³/mol. The van der Waals surface area contributed by atoms with Crippen LogP contribution in [0.15, 0.2) is 23.1 Å². The first-order valence-electron chi connectivity index (χ1n) is 6.83. The van der Waals surface area contributed by atoms with Gasteiger partial charge in [-0.3, -0.25) is 14.9 Å². The SMILES string of the molecule is CC1CCN(c2c(Cl)cccc2C=C2SC(=O)NC2=O)C1. The van der Waals surface area contributed by atoms with Crippen molar-refractivity contribution in [2.24, 2.45) is 5.92 Å². The Morgan fingerprint density at radius 3 is 2.86 bits per heavy atom. The average molecular weight is 323 g/mol. The number of hydrogen-bond acceptors (Lipinski definition) is 4. The van der Waals surface area contributed by atoms with Crippen LogP contribution < -0.4 is 10.2 Å². The van der Waals surface area contributed by atoms with Crippen molar-refractivity contribution in [2.45, 2.75) is 13.3 Å². The molecule has 2 fully saturated rings. The molecule has 2 aliphatic heterocycles. The van der Waals surface area contributed by atoms with Crippen LogP contribution >= 0.6 is 23.4 Å². The second-order valence-electron chi connectivity index (χ2n) is 5.37. The number of hydrogen-bond donors (Lipinski definition) is 1. The van der Waals surface area contributed by atoms with E-state index in [0.29, 0.717) is 15.8 Å². The summed E-state index contributed by atoms with van der Waals surface area (Å²) in [5.74, 6) is 0.290. The molecule has 0 aromatic heterocycles. The van der Waals surface area contributed by atoms with Crippen molar-refractivity contribution in [3.05, 3.63) is 33.7 Å². The zero-order valence-corrected chi connectivity index (χ0v) is 13.1. The van der Waals surface area contributed by atoms with Gasteiger partial charge in [0.2, 0.25) is 0 Å². The normalized spacial score (nSPS) is 24.0. The van der Waals surface area contributed by atoms with Crippen LogP contribution in [0.3, 0.4) is 0 Å². The number of rotatable bonds is 2. The fourth-order valence-corrected chi connectivity index (χ4v) is 3.66. The highest BCUT2D eigenvalue weighted by Crippen LogP contribution is 2.36. The Bertz CT molecular complexity index is 645. The molecule has 1 N–H and O–H groups in total. The van der Waals surface area contributed by atoms with Crippen molar-refractivity contribution >= 4 is 46.3 Å². The molecule has 110 valence electrons. The minimum absolute atomic E-state index is 0.329. The maximum Gasteiger partial charge on any atom is 0.290 e.